The Bertz CT molecular complexity index is 420. The highest BCUT2D eigenvalue weighted by molar-refractivity contribution is 5.85. The second-order valence-electron chi connectivity index (χ2n) is 5.71. The minimum absolute atomic E-state index is 0. The van der Waals surface area contributed by atoms with Gasteiger partial charge in [0.25, 0.3) is 0 Å². The van der Waals surface area contributed by atoms with Gasteiger partial charge >= 0.3 is 0 Å². The fraction of sp³-hybridized carbons (Fsp3) is 0.625. The lowest BCUT2D eigenvalue weighted by Gasteiger charge is -2.38. The summed E-state index contributed by atoms with van der Waals surface area (Å²) in [5.74, 6) is 2.46. The zero-order valence-corrected chi connectivity index (χ0v) is 14.0. The van der Waals surface area contributed by atoms with Gasteiger partial charge in [-0.15, -0.1) is 12.4 Å². The van der Waals surface area contributed by atoms with E-state index in [1.165, 1.54) is 18.4 Å². The summed E-state index contributed by atoms with van der Waals surface area (Å²) in [7, 11) is 3.37. The molecule has 1 aliphatic heterocycles. The predicted molar refractivity (Wildman–Crippen MR) is 88.4 cm³/mol. The zero-order valence-electron chi connectivity index (χ0n) is 13.2. The number of halogens is 1. The van der Waals surface area contributed by atoms with Crippen LogP contribution in [0.5, 0.6) is 11.5 Å². The Kier molecular flexibility index (Phi) is 7.29. The number of rotatable bonds is 5. The molecule has 1 aromatic carbocycles. The van der Waals surface area contributed by atoms with E-state index in [2.05, 4.69) is 24.0 Å². The second-order valence-corrected chi connectivity index (χ2v) is 5.71. The molecular formula is C16H27ClN2O2. The molecule has 0 bridgehead atoms. The summed E-state index contributed by atoms with van der Waals surface area (Å²) >= 11 is 0. The summed E-state index contributed by atoms with van der Waals surface area (Å²) < 4.78 is 10.7. The third kappa shape index (κ3) is 4.77. The lowest BCUT2D eigenvalue weighted by Crippen LogP contribution is -2.45. The van der Waals surface area contributed by atoms with Crippen LogP contribution >= 0.6 is 12.4 Å². The van der Waals surface area contributed by atoms with Crippen LogP contribution in [0.1, 0.15) is 25.3 Å². The average molecular weight is 315 g/mol. The van der Waals surface area contributed by atoms with Gasteiger partial charge < -0.3 is 15.2 Å². The Morgan fingerprint density at radius 3 is 2.33 bits per heavy atom. The molecule has 2 unspecified atom stereocenters. The van der Waals surface area contributed by atoms with Crippen LogP contribution in [0.15, 0.2) is 18.2 Å². The summed E-state index contributed by atoms with van der Waals surface area (Å²) in [5.41, 5.74) is 7.15. The van der Waals surface area contributed by atoms with E-state index >= 15 is 0 Å². The molecule has 21 heavy (non-hydrogen) atoms. The normalized spacial score (nSPS) is 22.5. The maximum absolute atomic E-state index is 5.93. The van der Waals surface area contributed by atoms with Crippen LogP contribution in [0.4, 0.5) is 0 Å². The number of benzene rings is 1. The molecule has 0 radical (unpaired) electrons. The lowest BCUT2D eigenvalue weighted by molar-refractivity contribution is 0.115. The van der Waals surface area contributed by atoms with Crippen molar-refractivity contribution in [1.29, 1.82) is 0 Å². The van der Waals surface area contributed by atoms with E-state index in [0.717, 1.165) is 37.1 Å². The molecule has 0 amide bonds. The molecule has 2 rings (SSSR count). The first kappa shape index (κ1) is 18.1. The van der Waals surface area contributed by atoms with Crippen molar-refractivity contribution in [3.8, 4) is 11.5 Å². The summed E-state index contributed by atoms with van der Waals surface area (Å²) in [6, 6.07) is 6.54. The van der Waals surface area contributed by atoms with Crippen molar-refractivity contribution < 1.29 is 9.47 Å². The van der Waals surface area contributed by atoms with Crippen LogP contribution in [-0.4, -0.2) is 38.3 Å². The number of methoxy groups -OCH3 is 2. The van der Waals surface area contributed by atoms with Gasteiger partial charge in [0.2, 0.25) is 0 Å². The maximum atomic E-state index is 5.93. The third-order valence-electron chi connectivity index (χ3n) is 4.17. The molecule has 1 fully saturated rings. The monoisotopic (exact) mass is 314 g/mol. The van der Waals surface area contributed by atoms with Crippen molar-refractivity contribution in [1.82, 2.24) is 4.90 Å². The first-order valence-electron chi connectivity index (χ1n) is 7.32. The first-order valence-corrected chi connectivity index (χ1v) is 7.32. The molecule has 4 nitrogen and oxygen atoms in total. The van der Waals surface area contributed by atoms with Crippen LogP contribution in [0.2, 0.25) is 0 Å². The van der Waals surface area contributed by atoms with Crippen LogP contribution < -0.4 is 15.2 Å². The van der Waals surface area contributed by atoms with E-state index in [1.807, 2.05) is 6.07 Å². The molecule has 2 N–H and O–H groups in total. The van der Waals surface area contributed by atoms with Gasteiger partial charge in [-0.2, -0.15) is 0 Å². The van der Waals surface area contributed by atoms with Crippen molar-refractivity contribution in [2.45, 2.75) is 32.4 Å². The minimum atomic E-state index is 0. The number of hydrogen-bond donors (Lipinski definition) is 1. The number of piperidine rings is 1. The largest absolute Gasteiger partial charge is 0.497 e. The Morgan fingerprint density at radius 2 is 1.81 bits per heavy atom. The Morgan fingerprint density at radius 1 is 1.19 bits per heavy atom. The predicted octanol–water partition coefficient (Wildman–Crippen LogP) is 2.68. The Balaban J connectivity index is 0.00000220. The lowest BCUT2D eigenvalue weighted by atomic mass is 9.92. The first-order chi connectivity index (χ1) is 9.66. The molecule has 120 valence electrons. The van der Waals surface area contributed by atoms with Gasteiger partial charge in [0.05, 0.1) is 14.2 Å². The molecule has 0 aliphatic carbocycles. The summed E-state index contributed by atoms with van der Waals surface area (Å²) in [6.45, 7) is 5.06. The average Bonchev–Trinajstić information content (AvgIpc) is 2.48. The van der Waals surface area contributed by atoms with Crippen LogP contribution in [-0.2, 0) is 6.54 Å². The van der Waals surface area contributed by atoms with E-state index in [4.69, 9.17) is 15.2 Å². The van der Waals surface area contributed by atoms with Crippen molar-refractivity contribution in [2.75, 3.05) is 27.3 Å². The zero-order chi connectivity index (χ0) is 14.5. The highest BCUT2D eigenvalue weighted by Gasteiger charge is 2.25. The number of ether oxygens (including phenoxy) is 2. The Labute approximate surface area is 134 Å². The van der Waals surface area contributed by atoms with Gasteiger partial charge in [-0.25, -0.2) is 0 Å². The fourth-order valence-corrected chi connectivity index (χ4v) is 2.95. The van der Waals surface area contributed by atoms with Crippen molar-refractivity contribution in [3.63, 3.8) is 0 Å². The number of hydrogen-bond acceptors (Lipinski definition) is 4. The molecule has 0 saturated carbocycles. The maximum Gasteiger partial charge on any atom is 0.122 e. The van der Waals surface area contributed by atoms with E-state index in [1.54, 1.807) is 14.2 Å². The van der Waals surface area contributed by atoms with Crippen LogP contribution in [0, 0.1) is 5.92 Å². The minimum Gasteiger partial charge on any atom is -0.497 e. The van der Waals surface area contributed by atoms with Crippen LogP contribution in [0.25, 0.3) is 0 Å². The van der Waals surface area contributed by atoms with Gasteiger partial charge in [0.1, 0.15) is 11.5 Å². The molecule has 2 atom stereocenters. The summed E-state index contributed by atoms with van der Waals surface area (Å²) in [4.78, 5) is 2.48. The summed E-state index contributed by atoms with van der Waals surface area (Å²) in [6.07, 6.45) is 2.44. The molecule has 0 spiro atoms. The van der Waals surface area contributed by atoms with Gasteiger partial charge in [-0.1, -0.05) is 6.92 Å². The Hall–Kier alpha value is -0.970. The SMILES string of the molecule is COc1cc(CN2CCC(C)CC2CN)cc(OC)c1.Cl. The standard InChI is InChI=1S/C16H26N2O2.ClH/c1-12-4-5-18(14(6-12)10-17)11-13-7-15(19-2)9-16(8-13)20-3;/h7-9,12,14H,4-6,10-11,17H2,1-3H3;1H. The third-order valence-corrected chi connectivity index (χ3v) is 4.17. The molecule has 1 aliphatic rings. The van der Waals surface area contributed by atoms with Gasteiger partial charge in [-0.05, 0) is 43.0 Å². The highest BCUT2D eigenvalue weighted by Crippen LogP contribution is 2.27. The molecule has 1 saturated heterocycles. The van der Waals surface area contributed by atoms with E-state index in [9.17, 15) is 0 Å². The van der Waals surface area contributed by atoms with Crippen molar-refractivity contribution >= 4 is 12.4 Å². The number of nitrogens with two attached hydrogens (primary N) is 1. The fourth-order valence-electron chi connectivity index (χ4n) is 2.95. The molecule has 5 heteroatoms. The smallest absolute Gasteiger partial charge is 0.122 e. The van der Waals surface area contributed by atoms with E-state index in [-0.39, 0.29) is 12.4 Å². The van der Waals surface area contributed by atoms with Crippen LogP contribution in [0.3, 0.4) is 0 Å². The second kappa shape index (κ2) is 8.47. The quantitative estimate of drug-likeness (QED) is 0.908. The van der Waals surface area contributed by atoms with Gasteiger partial charge in [0, 0.05) is 25.2 Å². The number of nitrogens with zero attached hydrogens (tertiary/aromatic N) is 1. The van der Waals surface area contributed by atoms with Gasteiger partial charge in [-0.3, -0.25) is 4.90 Å². The molecular weight excluding hydrogens is 288 g/mol. The molecule has 1 heterocycles. The van der Waals surface area contributed by atoms with E-state index < -0.39 is 0 Å². The number of likely N-dealkylation sites (tertiary alicyclic amines) is 1. The molecule has 0 aromatic heterocycles. The van der Waals surface area contributed by atoms with E-state index in [0.29, 0.717) is 6.04 Å². The highest BCUT2D eigenvalue weighted by atomic mass is 35.5. The van der Waals surface area contributed by atoms with Crippen molar-refractivity contribution in [2.24, 2.45) is 11.7 Å². The topological polar surface area (TPSA) is 47.7 Å². The summed E-state index contributed by atoms with van der Waals surface area (Å²) in [5, 5.41) is 0. The molecule has 1 aromatic rings. The van der Waals surface area contributed by atoms with Crippen molar-refractivity contribution in [3.05, 3.63) is 23.8 Å². The van der Waals surface area contributed by atoms with Gasteiger partial charge in [0.15, 0.2) is 0 Å².